The molecule has 0 heterocycles. The van der Waals surface area contributed by atoms with E-state index in [-0.39, 0.29) is 0 Å². The first-order valence-electron chi connectivity index (χ1n) is 13.3. The van der Waals surface area contributed by atoms with Gasteiger partial charge in [-0.1, -0.05) is 135 Å². The van der Waals surface area contributed by atoms with Crippen LogP contribution in [0.4, 0.5) is 0 Å². The van der Waals surface area contributed by atoms with Crippen molar-refractivity contribution in [3.63, 3.8) is 0 Å². The summed E-state index contributed by atoms with van der Waals surface area (Å²) in [6, 6.07) is 0. The lowest BCUT2D eigenvalue weighted by Crippen LogP contribution is -1.93. The van der Waals surface area contributed by atoms with Gasteiger partial charge in [0.1, 0.15) is 0 Å². The van der Waals surface area contributed by atoms with E-state index in [0.717, 1.165) is 19.3 Å². The first-order chi connectivity index (χ1) is 14.8. The van der Waals surface area contributed by atoms with Crippen LogP contribution in [0.5, 0.6) is 0 Å². The molecule has 2 N–H and O–H groups in total. The third-order valence-electron chi connectivity index (χ3n) is 6.13. The Labute approximate surface area is 187 Å². The van der Waals surface area contributed by atoms with Gasteiger partial charge in [-0.25, -0.2) is 4.89 Å². The van der Waals surface area contributed by atoms with Gasteiger partial charge in [-0.3, -0.25) is 10.1 Å². The Morgan fingerprint density at radius 1 is 0.433 bits per heavy atom. The van der Waals surface area contributed by atoms with Crippen molar-refractivity contribution >= 4 is 5.97 Å². The zero-order valence-electron chi connectivity index (χ0n) is 19.9. The number of carboxylic acids is 1. The van der Waals surface area contributed by atoms with Gasteiger partial charge in [-0.05, 0) is 12.8 Å². The summed E-state index contributed by atoms with van der Waals surface area (Å²) in [5, 5.41) is 16.8. The van der Waals surface area contributed by atoms with Crippen LogP contribution in [0.3, 0.4) is 0 Å². The van der Waals surface area contributed by atoms with E-state index in [2.05, 4.69) is 4.89 Å². The quantitative estimate of drug-likeness (QED) is 0.0819. The molecule has 0 aliphatic rings. The summed E-state index contributed by atoms with van der Waals surface area (Å²) in [4.78, 5) is 14.5. The summed E-state index contributed by atoms with van der Waals surface area (Å²) in [7, 11) is 0. The van der Waals surface area contributed by atoms with Crippen LogP contribution in [0.15, 0.2) is 0 Å². The predicted octanol–water partition coefficient (Wildman–Crippen LogP) is 8.92. The molecular weight excluding hydrogens is 376 g/mol. The average molecular weight is 429 g/mol. The first kappa shape index (κ1) is 29.4. The van der Waals surface area contributed by atoms with Crippen molar-refractivity contribution < 1.29 is 20.0 Å². The second kappa shape index (κ2) is 26.4. The van der Waals surface area contributed by atoms with Crippen LogP contribution in [0.1, 0.15) is 154 Å². The van der Waals surface area contributed by atoms with Crippen LogP contribution in [0, 0.1) is 0 Å². The van der Waals surface area contributed by atoms with Crippen molar-refractivity contribution in [3.8, 4) is 0 Å². The van der Waals surface area contributed by atoms with E-state index in [0.29, 0.717) is 13.0 Å². The molecular formula is C26H52O4. The smallest absolute Gasteiger partial charge is 0.303 e. The highest BCUT2D eigenvalue weighted by Gasteiger charge is 1.97. The maximum absolute atomic E-state index is 10.4. The average Bonchev–Trinajstić information content (AvgIpc) is 2.73. The van der Waals surface area contributed by atoms with Crippen molar-refractivity contribution in [2.75, 3.05) is 6.61 Å². The van der Waals surface area contributed by atoms with Crippen LogP contribution < -0.4 is 0 Å². The predicted molar refractivity (Wildman–Crippen MR) is 127 cm³/mol. The SMILES string of the molecule is O=C(O)CCCCCCCCCCCCCCCCCCCCCCCCCOO. The van der Waals surface area contributed by atoms with Crippen molar-refractivity contribution in [2.45, 2.75) is 154 Å². The lowest BCUT2D eigenvalue weighted by molar-refractivity contribution is -0.242. The van der Waals surface area contributed by atoms with Gasteiger partial charge in [0.15, 0.2) is 0 Å². The first-order valence-corrected chi connectivity index (χ1v) is 13.3. The molecule has 4 nitrogen and oxygen atoms in total. The number of rotatable bonds is 26. The molecule has 0 unspecified atom stereocenters. The molecule has 0 bridgehead atoms. The molecule has 0 radical (unpaired) electrons. The molecule has 0 atom stereocenters. The van der Waals surface area contributed by atoms with E-state index in [1.165, 1.54) is 128 Å². The Hall–Kier alpha value is -0.610. The van der Waals surface area contributed by atoms with E-state index < -0.39 is 5.97 Å². The number of hydrogen-bond donors (Lipinski definition) is 2. The monoisotopic (exact) mass is 428 g/mol. The van der Waals surface area contributed by atoms with Gasteiger partial charge in [0.05, 0.1) is 6.61 Å². The third kappa shape index (κ3) is 27.4. The summed E-state index contributed by atoms with van der Waals surface area (Å²) in [6.07, 6.45) is 30.5. The fraction of sp³-hybridized carbons (Fsp3) is 0.962. The number of carbonyl (C=O) groups is 1. The van der Waals surface area contributed by atoms with Gasteiger partial charge < -0.3 is 5.11 Å². The summed E-state index contributed by atoms with van der Waals surface area (Å²) >= 11 is 0. The van der Waals surface area contributed by atoms with Gasteiger partial charge in [0, 0.05) is 6.42 Å². The summed E-state index contributed by atoms with van der Waals surface area (Å²) in [5.41, 5.74) is 0. The van der Waals surface area contributed by atoms with Crippen molar-refractivity contribution in [3.05, 3.63) is 0 Å². The highest BCUT2D eigenvalue weighted by atomic mass is 17.1. The minimum atomic E-state index is -0.657. The molecule has 0 aromatic carbocycles. The lowest BCUT2D eigenvalue weighted by atomic mass is 10.0. The molecule has 0 amide bonds. The second-order valence-corrected chi connectivity index (χ2v) is 9.11. The van der Waals surface area contributed by atoms with Gasteiger partial charge >= 0.3 is 5.97 Å². The molecule has 0 aromatic rings. The zero-order chi connectivity index (χ0) is 22.0. The van der Waals surface area contributed by atoms with Gasteiger partial charge in [-0.2, -0.15) is 0 Å². The molecule has 0 fully saturated rings. The van der Waals surface area contributed by atoms with E-state index in [1.807, 2.05) is 0 Å². The van der Waals surface area contributed by atoms with Crippen LogP contribution in [0.2, 0.25) is 0 Å². The minimum absolute atomic E-state index is 0.338. The molecule has 0 aromatic heterocycles. The normalized spacial score (nSPS) is 11.2. The highest BCUT2D eigenvalue weighted by Crippen LogP contribution is 2.15. The Morgan fingerprint density at radius 3 is 0.900 bits per heavy atom. The number of unbranched alkanes of at least 4 members (excludes halogenated alkanes) is 22. The van der Waals surface area contributed by atoms with Crippen LogP contribution in [-0.2, 0) is 9.68 Å². The number of carboxylic acid groups (broad SMARTS) is 1. The van der Waals surface area contributed by atoms with Crippen LogP contribution in [-0.4, -0.2) is 22.9 Å². The molecule has 4 heteroatoms. The van der Waals surface area contributed by atoms with Crippen molar-refractivity contribution in [2.24, 2.45) is 0 Å². The third-order valence-corrected chi connectivity index (χ3v) is 6.13. The molecule has 180 valence electrons. The number of hydrogen-bond acceptors (Lipinski definition) is 3. The molecule has 0 saturated carbocycles. The lowest BCUT2D eigenvalue weighted by Gasteiger charge is -2.04. The Kier molecular flexibility index (Phi) is 25.9. The Balaban J connectivity index is 2.99. The topological polar surface area (TPSA) is 66.8 Å². The van der Waals surface area contributed by atoms with E-state index in [9.17, 15) is 4.79 Å². The highest BCUT2D eigenvalue weighted by molar-refractivity contribution is 5.66. The summed E-state index contributed by atoms with van der Waals surface area (Å²) < 4.78 is 0. The minimum Gasteiger partial charge on any atom is -0.481 e. The van der Waals surface area contributed by atoms with Gasteiger partial charge in [0.25, 0.3) is 0 Å². The maximum Gasteiger partial charge on any atom is 0.303 e. The maximum atomic E-state index is 10.4. The van der Waals surface area contributed by atoms with Crippen LogP contribution >= 0.6 is 0 Å². The van der Waals surface area contributed by atoms with Crippen molar-refractivity contribution in [1.82, 2.24) is 0 Å². The van der Waals surface area contributed by atoms with E-state index >= 15 is 0 Å². The van der Waals surface area contributed by atoms with E-state index in [1.54, 1.807) is 0 Å². The molecule has 0 rings (SSSR count). The fourth-order valence-corrected chi connectivity index (χ4v) is 4.16. The van der Waals surface area contributed by atoms with Gasteiger partial charge in [-0.15, -0.1) is 0 Å². The zero-order valence-corrected chi connectivity index (χ0v) is 19.9. The summed E-state index contributed by atoms with van der Waals surface area (Å²) in [5.74, 6) is -0.657. The van der Waals surface area contributed by atoms with Crippen molar-refractivity contribution in [1.29, 1.82) is 0 Å². The molecule has 0 saturated heterocycles. The standard InChI is InChI=1S/C26H52O4/c27-26(28)24-22-20-18-16-14-12-10-8-6-4-2-1-3-5-7-9-11-13-15-17-19-21-23-25-30-29/h29H,1-25H2,(H,27,28). The second-order valence-electron chi connectivity index (χ2n) is 9.11. The molecule has 0 aliphatic carbocycles. The number of aliphatic carboxylic acids is 1. The molecule has 0 aliphatic heterocycles. The Bertz CT molecular complexity index is 333. The van der Waals surface area contributed by atoms with Gasteiger partial charge in [0.2, 0.25) is 0 Å². The fourth-order valence-electron chi connectivity index (χ4n) is 4.16. The summed E-state index contributed by atoms with van der Waals surface area (Å²) in [6.45, 7) is 0.486. The van der Waals surface area contributed by atoms with Crippen LogP contribution in [0.25, 0.3) is 0 Å². The largest absolute Gasteiger partial charge is 0.481 e. The Morgan fingerprint density at radius 2 is 0.667 bits per heavy atom. The molecule has 30 heavy (non-hydrogen) atoms. The van der Waals surface area contributed by atoms with E-state index in [4.69, 9.17) is 10.4 Å². The molecule has 0 spiro atoms.